The van der Waals surface area contributed by atoms with Crippen LogP contribution < -0.4 is 0 Å². The first-order valence-corrected chi connectivity index (χ1v) is 9.20. The van der Waals surface area contributed by atoms with Gasteiger partial charge in [-0.2, -0.15) is 0 Å². The number of ketones is 1. The minimum absolute atomic E-state index is 0.232. The Labute approximate surface area is 171 Å². The molecule has 0 fully saturated rings. The van der Waals surface area contributed by atoms with Crippen molar-refractivity contribution in [1.82, 2.24) is 4.90 Å². The highest BCUT2D eigenvalue weighted by Gasteiger charge is 2.26. The van der Waals surface area contributed by atoms with Crippen molar-refractivity contribution in [2.45, 2.75) is 5.54 Å². The Morgan fingerprint density at radius 1 is 0.862 bits per heavy atom. The number of rotatable bonds is 4. The average Bonchev–Trinajstić information content (AvgIpc) is 3.29. The van der Waals surface area contributed by atoms with E-state index in [1.54, 1.807) is 18.2 Å². The zero-order valence-corrected chi connectivity index (χ0v) is 16.4. The van der Waals surface area contributed by atoms with E-state index in [-0.39, 0.29) is 11.5 Å². The van der Waals surface area contributed by atoms with Crippen LogP contribution in [0.1, 0.15) is 21.7 Å². The summed E-state index contributed by atoms with van der Waals surface area (Å²) in [5.41, 5.74) is 0.811. The number of carbonyl (C=O) groups excluding carboxylic acids is 1. The Balaban J connectivity index is 2.04. The van der Waals surface area contributed by atoms with Crippen molar-refractivity contribution in [1.29, 1.82) is 0 Å². The number of hydrogen-bond donors (Lipinski definition) is 0. The van der Waals surface area contributed by atoms with Gasteiger partial charge in [-0.05, 0) is 62.6 Å². The van der Waals surface area contributed by atoms with Crippen molar-refractivity contribution >= 4 is 5.78 Å². The van der Waals surface area contributed by atoms with E-state index in [9.17, 15) is 4.79 Å². The maximum absolute atomic E-state index is 12.4. The number of furan rings is 1. The van der Waals surface area contributed by atoms with Crippen LogP contribution in [-0.4, -0.2) is 30.3 Å². The normalized spacial score (nSPS) is 10.9. The van der Waals surface area contributed by atoms with Gasteiger partial charge in [0.25, 0.3) is 0 Å². The lowest BCUT2D eigenvalue weighted by molar-refractivity contribution is 0.102. The smallest absolute Gasteiger partial charge is 0.220 e. The standard InChI is InChI=1S/C26H21NO2/c1-27(2)26(18-15-22-10-5-3-6-11-22,19-16-23-12-7-4-8-13-23)20-17-24(28)25-14-9-21-29-25/h3-14,17,20-21H,1-2H3/b20-17+. The molecular weight excluding hydrogens is 358 g/mol. The summed E-state index contributed by atoms with van der Waals surface area (Å²) in [5.74, 6) is 12.9. The summed E-state index contributed by atoms with van der Waals surface area (Å²) >= 11 is 0. The van der Waals surface area contributed by atoms with E-state index in [4.69, 9.17) is 4.42 Å². The van der Waals surface area contributed by atoms with Crippen molar-refractivity contribution in [3.05, 3.63) is 108 Å². The highest BCUT2D eigenvalue weighted by Crippen LogP contribution is 2.15. The van der Waals surface area contributed by atoms with Crippen molar-refractivity contribution in [2.24, 2.45) is 0 Å². The third-order valence-corrected chi connectivity index (χ3v) is 4.29. The van der Waals surface area contributed by atoms with Gasteiger partial charge in [-0.15, -0.1) is 0 Å². The number of hydrogen-bond acceptors (Lipinski definition) is 3. The minimum Gasteiger partial charge on any atom is -0.461 e. The molecule has 0 aliphatic carbocycles. The van der Waals surface area contributed by atoms with Crippen molar-refractivity contribution in [3.63, 3.8) is 0 Å². The van der Waals surface area contributed by atoms with Gasteiger partial charge in [0.2, 0.25) is 5.78 Å². The molecule has 3 rings (SSSR count). The maximum atomic E-state index is 12.4. The first-order chi connectivity index (χ1) is 14.1. The highest BCUT2D eigenvalue weighted by atomic mass is 16.3. The summed E-state index contributed by atoms with van der Waals surface area (Å²) in [6, 6.07) is 22.7. The van der Waals surface area contributed by atoms with Gasteiger partial charge in [0.1, 0.15) is 0 Å². The molecule has 0 spiro atoms. The fourth-order valence-corrected chi connectivity index (χ4v) is 2.56. The summed E-state index contributed by atoms with van der Waals surface area (Å²) in [6.07, 6.45) is 4.67. The molecule has 3 aromatic rings. The van der Waals surface area contributed by atoms with E-state index in [0.29, 0.717) is 0 Å². The van der Waals surface area contributed by atoms with Gasteiger partial charge < -0.3 is 4.42 Å². The molecule has 0 bridgehead atoms. The van der Waals surface area contributed by atoms with Gasteiger partial charge in [0, 0.05) is 11.1 Å². The summed E-state index contributed by atoms with van der Waals surface area (Å²) < 4.78 is 5.19. The number of carbonyl (C=O) groups is 1. The lowest BCUT2D eigenvalue weighted by Crippen LogP contribution is -2.40. The Hall–Kier alpha value is -3.79. The molecule has 0 aliphatic rings. The summed E-state index contributed by atoms with van der Waals surface area (Å²) in [6.45, 7) is 0. The molecule has 0 saturated carbocycles. The van der Waals surface area contributed by atoms with Crippen LogP contribution >= 0.6 is 0 Å². The molecule has 0 amide bonds. The van der Waals surface area contributed by atoms with E-state index in [1.165, 1.54) is 12.3 Å². The first kappa shape index (κ1) is 20.0. The van der Waals surface area contributed by atoms with Crippen LogP contribution in [0.25, 0.3) is 0 Å². The number of benzene rings is 2. The Morgan fingerprint density at radius 3 is 1.86 bits per heavy atom. The van der Waals surface area contributed by atoms with E-state index in [2.05, 4.69) is 23.7 Å². The van der Waals surface area contributed by atoms with Crippen LogP contribution in [0.3, 0.4) is 0 Å². The highest BCUT2D eigenvalue weighted by molar-refractivity contribution is 6.02. The topological polar surface area (TPSA) is 33.5 Å². The largest absolute Gasteiger partial charge is 0.461 e. The molecule has 0 aliphatic heterocycles. The zero-order valence-electron chi connectivity index (χ0n) is 16.4. The Kier molecular flexibility index (Phi) is 6.48. The molecule has 0 atom stereocenters. The predicted molar refractivity (Wildman–Crippen MR) is 115 cm³/mol. The SMILES string of the molecule is CN(C)C(C#Cc1ccccc1)(C#Cc1ccccc1)/C=C/C(=O)c1ccco1. The first-order valence-electron chi connectivity index (χ1n) is 9.20. The molecule has 0 radical (unpaired) electrons. The fourth-order valence-electron chi connectivity index (χ4n) is 2.56. The van der Waals surface area contributed by atoms with E-state index in [1.807, 2.05) is 79.7 Å². The second kappa shape index (κ2) is 9.42. The van der Waals surface area contributed by atoms with E-state index in [0.717, 1.165) is 11.1 Å². The molecule has 0 N–H and O–H groups in total. The van der Waals surface area contributed by atoms with Gasteiger partial charge in [-0.3, -0.25) is 9.69 Å². The molecule has 142 valence electrons. The second-order valence-electron chi connectivity index (χ2n) is 6.57. The molecule has 3 nitrogen and oxygen atoms in total. The minimum atomic E-state index is -0.950. The lowest BCUT2D eigenvalue weighted by atomic mass is 9.96. The van der Waals surface area contributed by atoms with E-state index >= 15 is 0 Å². The third-order valence-electron chi connectivity index (χ3n) is 4.29. The number of likely N-dealkylation sites (N-methyl/N-ethyl adjacent to an activating group) is 1. The van der Waals surface area contributed by atoms with Crippen LogP contribution in [0, 0.1) is 23.7 Å². The maximum Gasteiger partial charge on any atom is 0.220 e. The average molecular weight is 379 g/mol. The molecule has 1 aromatic heterocycles. The van der Waals surface area contributed by atoms with Crippen LogP contribution in [0.4, 0.5) is 0 Å². The number of nitrogens with zero attached hydrogens (tertiary/aromatic N) is 1. The predicted octanol–water partition coefficient (Wildman–Crippen LogP) is 4.42. The quantitative estimate of drug-likeness (QED) is 0.382. The zero-order chi connectivity index (χ0) is 20.5. The van der Waals surface area contributed by atoms with Crippen molar-refractivity contribution in [3.8, 4) is 23.7 Å². The molecule has 0 saturated heterocycles. The summed E-state index contributed by atoms with van der Waals surface area (Å²) in [5, 5.41) is 0. The molecule has 29 heavy (non-hydrogen) atoms. The van der Waals surface area contributed by atoms with Crippen molar-refractivity contribution in [2.75, 3.05) is 14.1 Å². The van der Waals surface area contributed by atoms with E-state index < -0.39 is 5.54 Å². The van der Waals surface area contributed by atoms with Gasteiger partial charge >= 0.3 is 0 Å². The number of allylic oxidation sites excluding steroid dienone is 1. The molecule has 0 unspecified atom stereocenters. The Bertz CT molecular complexity index is 1030. The third kappa shape index (κ3) is 5.36. The van der Waals surface area contributed by atoms with Gasteiger partial charge in [-0.25, -0.2) is 0 Å². The fraction of sp³-hybridized carbons (Fsp3) is 0.115. The Morgan fingerprint density at radius 2 is 1.41 bits per heavy atom. The van der Waals surface area contributed by atoms with Crippen molar-refractivity contribution < 1.29 is 9.21 Å². The second-order valence-corrected chi connectivity index (χ2v) is 6.57. The van der Waals surface area contributed by atoms with Crippen LogP contribution in [0.15, 0.2) is 95.6 Å². The van der Waals surface area contributed by atoms with Crippen LogP contribution in [-0.2, 0) is 0 Å². The van der Waals surface area contributed by atoms with Gasteiger partial charge in [0.05, 0.1) is 6.26 Å². The van der Waals surface area contributed by atoms with Gasteiger partial charge in [-0.1, -0.05) is 60.1 Å². The van der Waals surface area contributed by atoms with Gasteiger partial charge in [0.15, 0.2) is 11.3 Å². The molecular formula is C26H21NO2. The monoisotopic (exact) mass is 379 g/mol. The molecule has 1 heterocycles. The molecule has 2 aromatic carbocycles. The molecule has 3 heteroatoms. The summed E-state index contributed by atoms with van der Waals surface area (Å²) in [7, 11) is 3.78. The lowest BCUT2D eigenvalue weighted by Gasteiger charge is -2.27. The van der Waals surface area contributed by atoms with Crippen LogP contribution in [0.2, 0.25) is 0 Å². The van der Waals surface area contributed by atoms with Crippen LogP contribution in [0.5, 0.6) is 0 Å². The summed E-state index contributed by atoms with van der Waals surface area (Å²) in [4.78, 5) is 14.3.